The van der Waals surface area contributed by atoms with E-state index in [2.05, 4.69) is 20.3 Å². The van der Waals surface area contributed by atoms with Crippen LogP contribution in [0.1, 0.15) is 30.4 Å². The summed E-state index contributed by atoms with van der Waals surface area (Å²) in [7, 11) is 0. The van der Waals surface area contributed by atoms with Gasteiger partial charge >= 0.3 is 12.4 Å². The van der Waals surface area contributed by atoms with E-state index < -0.39 is 18.1 Å². The fourth-order valence-corrected chi connectivity index (χ4v) is 4.01. The Morgan fingerprint density at radius 1 is 1.00 bits per heavy atom. The number of para-hydroxylation sites is 2. The fourth-order valence-electron chi connectivity index (χ4n) is 4.01. The Bertz CT molecular complexity index is 913. The second kappa shape index (κ2) is 8.55. The van der Waals surface area contributed by atoms with Gasteiger partial charge in [-0.1, -0.05) is 24.6 Å². The van der Waals surface area contributed by atoms with Crippen molar-refractivity contribution >= 4 is 17.4 Å². The quantitative estimate of drug-likeness (QED) is 0.718. The van der Waals surface area contributed by atoms with Crippen LogP contribution in [-0.4, -0.2) is 36.4 Å². The lowest BCUT2D eigenvalue weighted by atomic mass is 9.91. The first-order valence-corrected chi connectivity index (χ1v) is 10.2. The lowest BCUT2D eigenvalue weighted by molar-refractivity contribution is -0.274. The Morgan fingerprint density at radius 2 is 1.73 bits per heavy atom. The van der Waals surface area contributed by atoms with Gasteiger partial charge in [0, 0.05) is 24.8 Å². The summed E-state index contributed by atoms with van der Waals surface area (Å²) < 4.78 is 41.6. The number of urea groups is 1. The largest absolute Gasteiger partial charge is 0.573 e. The predicted octanol–water partition coefficient (Wildman–Crippen LogP) is 5.18. The highest BCUT2D eigenvalue weighted by atomic mass is 19.4. The van der Waals surface area contributed by atoms with Crippen LogP contribution < -0.4 is 15.4 Å². The van der Waals surface area contributed by atoms with Gasteiger partial charge in [0.2, 0.25) is 0 Å². The lowest BCUT2D eigenvalue weighted by Gasteiger charge is -2.36. The van der Waals surface area contributed by atoms with E-state index in [4.69, 9.17) is 0 Å². The van der Waals surface area contributed by atoms with E-state index in [0.29, 0.717) is 11.7 Å². The van der Waals surface area contributed by atoms with Gasteiger partial charge in [0.25, 0.3) is 0 Å². The highest BCUT2D eigenvalue weighted by Crippen LogP contribution is 2.31. The lowest BCUT2D eigenvalue weighted by Crippen LogP contribution is -2.41. The number of nitrogens with one attached hydrogen (secondary N) is 2. The minimum absolute atomic E-state index is 0.0572. The number of carbonyl (C=O) groups is 1. The number of rotatable bonds is 4. The molecule has 0 radical (unpaired) electrons. The van der Waals surface area contributed by atoms with Crippen LogP contribution >= 0.6 is 0 Å². The molecule has 2 amide bonds. The molecule has 0 spiro atoms. The van der Waals surface area contributed by atoms with E-state index in [-0.39, 0.29) is 5.69 Å². The van der Waals surface area contributed by atoms with Crippen LogP contribution in [0.15, 0.2) is 42.5 Å². The van der Waals surface area contributed by atoms with Gasteiger partial charge in [-0.3, -0.25) is 4.90 Å². The van der Waals surface area contributed by atoms with E-state index in [1.807, 2.05) is 18.2 Å². The summed E-state index contributed by atoms with van der Waals surface area (Å²) in [6.45, 7) is 2.07. The van der Waals surface area contributed by atoms with Crippen molar-refractivity contribution in [2.24, 2.45) is 0 Å². The van der Waals surface area contributed by atoms with Crippen LogP contribution in [-0.2, 0) is 12.8 Å². The van der Waals surface area contributed by atoms with Crippen LogP contribution in [0.25, 0.3) is 0 Å². The second-order valence-electron chi connectivity index (χ2n) is 7.73. The smallest absolute Gasteiger partial charge is 0.404 e. The number of amides is 2. The van der Waals surface area contributed by atoms with E-state index in [0.717, 1.165) is 32.0 Å². The molecule has 160 valence electrons. The van der Waals surface area contributed by atoms with E-state index in [9.17, 15) is 18.0 Å². The summed E-state index contributed by atoms with van der Waals surface area (Å²) in [5, 5.41) is 5.13. The number of nitrogens with zero attached hydrogens (tertiary/aromatic N) is 1. The number of hydrogen-bond acceptors (Lipinski definition) is 3. The first-order chi connectivity index (χ1) is 14.4. The number of anilines is 2. The molecule has 8 heteroatoms. The van der Waals surface area contributed by atoms with Crippen molar-refractivity contribution in [1.29, 1.82) is 0 Å². The number of hydrogen-bond donors (Lipinski definition) is 2. The standard InChI is InChI=1S/C22H24F3N3O2/c23-22(24,25)30-20-7-2-1-6-19(20)27-21(29)26-17-9-8-15-10-12-28(18-4-3-5-18)13-11-16(15)14-17/h1-2,6-9,14,18H,3-5,10-13H2,(H2,26,27,29). The molecule has 0 aromatic heterocycles. The van der Waals surface area contributed by atoms with Crippen molar-refractivity contribution in [1.82, 2.24) is 4.90 Å². The van der Waals surface area contributed by atoms with Gasteiger partial charge < -0.3 is 15.4 Å². The zero-order valence-electron chi connectivity index (χ0n) is 16.5. The maximum Gasteiger partial charge on any atom is 0.573 e. The molecule has 0 saturated heterocycles. The molecular weight excluding hydrogens is 395 g/mol. The van der Waals surface area contributed by atoms with Gasteiger partial charge in [-0.25, -0.2) is 4.79 Å². The molecule has 2 aromatic carbocycles. The van der Waals surface area contributed by atoms with Crippen LogP contribution in [0.4, 0.5) is 29.3 Å². The van der Waals surface area contributed by atoms with Crippen molar-refractivity contribution in [3.05, 3.63) is 53.6 Å². The van der Waals surface area contributed by atoms with Crippen molar-refractivity contribution < 1.29 is 22.7 Å². The minimum Gasteiger partial charge on any atom is -0.404 e. The Morgan fingerprint density at radius 3 is 2.43 bits per heavy atom. The number of carbonyl (C=O) groups excluding carboxylic acids is 1. The van der Waals surface area contributed by atoms with E-state index in [1.54, 1.807) is 0 Å². The summed E-state index contributed by atoms with van der Waals surface area (Å²) in [5.74, 6) is -0.460. The molecule has 1 aliphatic carbocycles. The zero-order chi connectivity index (χ0) is 21.1. The van der Waals surface area contributed by atoms with E-state index in [1.165, 1.54) is 48.6 Å². The van der Waals surface area contributed by atoms with Gasteiger partial charge in [0.15, 0.2) is 5.75 Å². The number of alkyl halides is 3. The molecule has 2 aliphatic rings. The van der Waals surface area contributed by atoms with Crippen LogP contribution in [0.2, 0.25) is 0 Å². The average molecular weight is 419 g/mol. The molecule has 1 aliphatic heterocycles. The van der Waals surface area contributed by atoms with Crippen molar-refractivity contribution in [3.63, 3.8) is 0 Å². The highest BCUT2D eigenvalue weighted by molar-refractivity contribution is 6.00. The van der Waals surface area contributed by atoms with Gasteiger partial charge in [0.05, 0.1) is 5.69 Å². The molecule has 1 fully saturated rings. The Balaban J connectivity index is 1.40. The third-order valence-corrected chi connectivity index (χ3v) is 5.75. The monoisotopic (exact) mass is 419 g/mol. The third-order valence-electron chi connectivity index (χ3n) is 5.75. The van der Waals surface area contributed by atoms with Crippen LogP contribution in [0, 0.1) is 0 Å². The minimum atomic E-state index is -4.83. The molecule has 4 rings (SSSR count). The molecule has 1 saturated carbocycles. The zero-order valence-corrected chi connectivity index (χ0v) is 16.5. The number of ether oxygens (including phenoxy) is 1. The molecule has 0 unspecified atom stereocenters. The molecule has 1 heterocycles. The Labute approximate surface area is 173 Å². The normalized spacial score (nSPS) is 17.4. The third kappa shape index (κ3) is 5.05. The fraction of sp³-hybridized carbons (Fsp3) is 0.409. The second-order valence-corrected chi connectivity index (χ2v) is 7.73. The van der Waals surface area contributed by atoms with E-state index >= 15 is 0 Å². The molecule has 30 heavy (non-hydrogen) atoms. The van der Waals surface area contributed by atoms with Gasteiger partial charge in [-0.2, -0.15) is 0 Å². The molecule has 0 atom stereocenters. The maximum absolute atomic E-state index is 12.5. The first-order valence-electron chi connectivity index (χ1n) is 10.2. The SMILES string of the molecule is O=C(Nc1ccc2c(c1)CCN(C1CCC1)CC2)Nc1ccccc1OC(F)(F)F. The van der Waals surface area contributed by atoms with Crippen molar-refractivity contribution in [3.8, 4) is 5.75 Å². The summed E-state index contributed by atoms with van der Waals surface area (Å²) >= 11 is 0. The van der Waals surface area contributed by atoms with Gasteiger partial charge in [0.1, 0.15) is 0 Å². The van der Waals surface area contributed by atoms with Gasteiger partial charge in [-0.15, -0.1) is 13.2 Å². The van der Waals surface area contributed by atoms with Gasteiger partial charge in [-0.05, 0) is 61.1 Å². The molecular formula is C22H24F3N3O2. The Kier molecular flexibility index (Phi) is 5.85. The number of fused-ring (bicyclic) bond motifs is 1. The summed E-state index contributed by atoms with van der Waals surface area (Å²) in [6.07, 6.45) is 0.949. The predicted molar refractivity (Wildman–Crippen MR) is 109 cm³/mol. The summed E-state index contributed by atoms with van der Waals surface area (Å²) in [6, 6.07) is 11.3. The maximum atomic E-state index is 12.5. The van der Waals surface area contributed by atoms with Crippen LogP contribution in [0.3, 0.4) is 0 Å². The molecule has 0 bridgehead atoms. The number of benzene rings is 2. The average Bonchev–Trinajstić information content (AvgIpc) is 2.83. The molecule has 5 nitrogen and oxygen atoms in total. The first kappa shape index (κ1) is 20.5. The molecule has 2 aromatic rings. The van der Waals surface area contributed by atoms with Crippen molar-refractivity contribution in [2.75, 3.05) is 23.7 Å². The summed E-state index contributed by atoms with van der Waals surface area (Å²) in [4.78, 5) is 14.9. The van der Waals surface area contributed by atoms with Crippen LogP contribution in [0.5, 0.6) is 5.75 Å². The topological polar surface area (TPSA) is 53.6 Å². The number of halogens is 3. The van der Waals surface area contributed by atoms with Crippen molar-refractivity contribution in [2.45, 2.75) is 44.5 Å². The Hall–Kier alpha value is -2.74. The summed E-state index contributed by atoms with van der Waals surface area (Å²) in [5.41, 5.74) is 3.04. The highest BCUT2D eigenvalue weighted by Gasteiger charge is 2.32. The molecule has 2 N–H and O–H groups in total.